The SMILES string of the molecule is C[C@H]1[C@@H](CN2CC3(C)CC2CC(C)(C)C3)O[C@@H](c2ccc(NC(=O)c3c(F)c(F)c(F)c(F)c3F)cc2)O[C@H]1c1ccc(CO)cc1. The summed E-state index contributed by atoms with van der Waals surface area (Å²) in [6.45, 7) is 10.8. The fraction of sp³-hybridized carbons (Fsp3) is 0.472. The Morgan fingerprint density at radius 1 is 0.872 bits per heavy atom. The Hall–Kier alpha value is -3.38. The third-order valence-electron chi connectivity index (χ3n) is 9.94. The van der Waals surface area contributed by atoms with Crippen LogP contribution in [0.5, 0.6) is 0 Å². The predicted molar refractivity (Wildman–Crippen MR) is 165 cm³/mol. The number of nitrogens with zero attached hydrogens (tertiary/aromatic N) is 1. The summed E-state index contributed by atoms with van der Waals surface area (Å²) in [4.78, 5) is 15.1. The third kappa shape index (κ3) is 6.55. The summed E-state index contributed by atoms with van der Waals surface area (Å²) < 4.78 is 82.3. The second-order valence-corrected chi connectivity index (χ2v) is 14.5. The lowest BCUT2D eigenvalue weighted by molar-refractivity contribution is -0.276. The number of ether oxygens (including phenoxy) is 2. The summed E-state index contributed by atoms with van der Waals surface area (Å²) in [5, 5.41) is 11.8. The summed E-state index contributed by atoms with van der Waals surface area (Å²) in [7, 11) is 0. The van der Waals surface area contributed by atoms with Crippen molar-refractivity contribution in [2.75, 3.05) is 18.4 Å². The van der Waals surface area contributed by atoms with E-state index in [0.29, 0.717) is 11.6 Å². The molecule has 3 aliphatic rings. The fourth-order valence-corrected chi connectivity index (χ4v) is 8.07. The van der Waals surface area contributed by atoms with Crippen molar-refractivity contribution in [1.82, 2.24) is 4.90 Å². The van der Waals surface area contributed by atoms with Crippen LogP contribution in [-0.2, 0) is 16.1 Å². The molecule has 1 amide bonds. The molecule has 2 unspecified atom stereocenters. The molecule has 11 heteroatoms. The summed E-state index contributed by atoms with van der Waals surface area (Å²) in [6.07, 6.45) is 2.11. The molecule has 6 atom stereocenters. The lowest BCUT2D eigenvalue weighted by Gasteiger charge is -2.43. The van der Waals surface area contributed by atoms with Gasteiger partial charge in [0.05, 0.1) is 18.8 Å². The number of likely N-dealkylation sites (tertiary alicyclic amines) is 1. The first-order valence-electron chi connectivity index (χ1n) is 15.9. The molecule has 0 aromatic heterocycles. The van der Waals surface area contributed by atoms with E-state index in [1.54, 1.807) is 12.1 Å². The first-order chi connectivity index (χ1) is 22.2. The summed E-state index contributed by atoms with van der Waals surface area (Å²) in [5.74, 6) is -12.7. The average molecular weight is 659 g/mol. The number of carbonyl (C=O) groups is 1. The number of hydrogen-bond acceptors (Lipinski definition) is 5. The topological polar surface area (TPSA) is 71.0 Å². The van der Waals surface area contributed by atoms with E-state index in [1.165, 1.54) is 18.6 Å². The second-order valence-electron chi connectivity index (χ2n) is 14.5. The number of rotatable bonds is 7. The molecule has 2 saturated heterocycles. The first-order valence-corrected chi connectivity index (χ1v) is 15.9. The minimum Gasteiger partial charge on any atom is -0.392 e. The van der Waals surface area contributed by atoms with Crippen LogP contribution >= 0.6 is 0 Å². The second kappa shape index (κ2) is 12.6. The van der Waals surface area contributed by atoms with E-state index in [0.717, 1.165) is 37.1 Å². The van der Waals surface area contributed by atoms with Crippen molar-refractivity contribution >= 4 is 11.6 Å². The molecule has 1 aliphatic carbocycles. The van der Waals surface area contributed by atoms with Crippen molar-refractivity contribution in [3.8, 4) is 0 Å². The zero-order chi connectivity index (χ0) is 33.8. The lowest BCUT2D eigenvalue weighted by Crippen LogP contribution is -2.46. The Bertz CT molecular complexity index is 1620. The molecule has 2 heterocycles. The molecule has 252 valence electrons. The number of aliphatic hydroxyl groups is 1. The number of fused-ring (bicyclic) bond motifs is 2. The van der Waals surface area contributed by atoms with E-state index in [4.69, 9.17) is 9.47 Å². The normalized spacial score (nSPS) is 28.8. The minimum absolute atomic E-state index is 0.0210. The number of carbonyl (C=O) groups excluding carboxylic acids is 1. The molecule has 1 saturated carbocycles. The molecular weight excluding hydrogens is 619 g/mol. The molecule has 0 spiro atoms. The number of amides is 1. The summed E-state index contributed by atoms with van der Waals surface area (Å²) in [5.41, 5.74) is 1.35. The molecule has 2 bridgehead atoms. The van der Waals surface area contributed by atoms with Crippen molar-refractivity contribution in [3.63, 3.8) is 0 Å². The van der Waals surface area contributed by atoms with Gasteiger partial charge < -0.3 is 19.9 Å². The van der Waals surface area contributed by atoms with Gasteiger partial charge in [-0.15, -0.1) is 0 Å². The van der Waals surface area contributed by atoms with Crippen molar-refractivity contribution < 1.29 is 41.3 Å². The van der Waals surface area contributed by atoms with Gasteiger partial charge in [0.1, 0.15) is 5.56 Å². The van der Waals surface area contributed by atoms with Crippen LogP contribution in [0, 0.1) is 45.8 Å². The summed E-state index contributed by atoms with van der Waals surface area (Å²) in [6, 6.07) is 14.2. The van der Waals surface area contributed by atoms with E-state index in [9.17, 15) is 31.9 Å². The molecule has 47 heavy (non-hydrogen) atoms. The minimum atomic E-state index is -2.34. The van der Waals surface area contributed by atoms with Crippen molar-refractivity contribution in [1.29, 1.82) is 0 Å². The van der Waals surface area contributed by atoms with Gasteiger partial charge >= 0.3 is 0 Å². The van der Waals surface area contributed by atoms with Crippen LogP contribution in [0.25, 0.3) is 0 Å². The fourth-order valence-electron chi connectivity index (χ4n) is 8.07. The molecular formula is C36H39F5N2O4. The third-order valence-corrected chi connectivity index (χ3v) is 9.94. The van der Waals surface area contributed by atoms with Gasteiger partial charge in [0, 0.05) is 36.3 Å². The highest BCUT2D eigenvalue weighted by atomic mass is 19.2. The predicted octanol–water partition coefficient (Wildman–Crippen LogP) is 7.82. The smallest absolute Gasteiger partial charge is 0.261 e. The number of aliphatic hydroxyl groups excluding tert-OH is 1. The Morgan fingerprint density at radius 3 is 2.09 bits per heavy atom. The van der Waals surface area contributed by atoms with Gasteiger partial charge in [0.25, 0.3) is 5.91 Å². The molecule has 3 aromatic carbocycles. The molecule has 3 aromatic rings. The van der Waals surface area contributed by atoms with Crippen LogP contribution in [0.15, 0.2) is 48.5 Å². The molecule has 2 aliphatic heterocycles. The van der Waals surface area contributed by atoms with Crippen LogP contribution in [-0.4, -0.2) is 41.1 Å². The van der Waals surface area contributed by atoms with Gasteiger partial charge in [-0.2, -0.15) is 0 Å². The van der Waals surface area contributed by atoms with E-state index >= 15 is 0 Å². The largest absolute Gasteiger partial charge is 0.392 e. The van der Waals surface area contributed by atoms with E-state index in [2.05, 4.69) is 37.9 Å². The van der Waals surface area contributed by atoms with Crippen LogP contribution < -0.4 is 5.32 Å². The number of halogens is 5. The number of nitrogens with one attached hydrogen (secondary N) is 1. The summed E-state index contributed by atoms with van der Waals surface area (Å²) >= 11 is 0. The van der Waals surface area contributed by atoms with Crippen LogP contribution in [0.3, 0.4) is 0 Å². The van der Waals surface area contributed by atoms with Crippen molar-refractivity contribution in [2.24, 2.45) is 16.7 Å². The van der Waals surface area contributed by atoms with Crippen molar-refractivity contribution in [2.45, 2.75) is 78.1 Å². The zero-order valence-corrected chi connectivity index (χ0v) is 26.8. The highest BCUT2D eigenvalue weighted by Crippen LogP contribution is 2.53. The maximum Gasteiger partial charge on any atom is 0.261 e. The maximum absolute atomic E-state index is 14.2. The average Bonchev–Trinajstić information content (AvgIpc) is 3.27. The highest BCUT2D eigenvalue weighted by Gasteiger charge is 2.51. The molecule has 2 N–H and O–H groups in total. The number of anilines is 1. The van der Waals surface area contributed by atoms with Gasteiger partial charge in [-0.1, -0.05) is 64.1 Å². The van der Waals surface area contributed by atoms with Crippen molar-refractivity contribution in [3.05, 3.63) is 99.9 Å². The van der Waals surface area contributed by atoms with E-state index < -0.39 is 46.8 Å². The van der Waals surface area contributed by atoms with Crippen LogP contribution in [0.4, 0.5) is 27.6 Å². The van der Waals surface area contributed by atoms with Gasteiger partial charge in [0.2, 0.25) is 5.82 Å². The quantitative estimate of drug-likeness (QED) is 0.154. The Balaban J connectivity index is 1.24. The van der Waals surface area contributed by atoms with E-state index in [-0.39, 0.29) is 41.3 Å². The van der Waals surface area contributed by atoms with Crippen LogP contribution in [0.2, 0.25) is 0 Å². The standard InChI is InChI=1S/C36H39F5N2O4/c1-19-25(15-43-18-36(4)14-24(43)13-35(2,3)17-36)46-34(47-32(19)21-7-5-20(16-44)6-8-21)22-9-11-23(12-10-22)42-33(45)26-27(37)29(39)31(41)30(40)28(26)38/h5-12,19,24-25,32,34,44H,13-18H2,1-4H3,(H,42,45)/t19-,24?,25+,32+,34+,36?/m0/s1. The maximum atomic E-state index is 14.2. The number of benzene rings is 3. The number of hydrogen-bond donors (Lipinski definition) is 2. The van der Waals surface area contributed by atoms with Crippen LogP contribution in [0.1, 0.15) is 86.4 Å². The molecule has 0 radical (unpaired) electrons. The zero-order valence-electron chi connectivity index (χ0n) is 26.8. The van der Waals surface area contributed by atoms with Gasteiger partial charge in [0.15, 0.2) is 29.6 Å². The van der Waals surface area contributed by atoms with E-state index in [1.807, 2.05) is 24.3 Å². The molecule has 6 nitrogen and oxygen atoms in total. The molecule has 6 rings (SSSR count). The monoisotopic (exact) mass is 658 g/mol. The Morgan fingerprint density at radius 2 is 1.47 bits per heavy atom. The lowest BCUT2D eigenvalue weighted by atomic mass is 9.65. The van der Waals surface area contributed by atoms with Gasteiger partial charge in [-0.05, 0) is 53.4 Å². The Labute approximate surface area is 270 Å². The first kappa shape index (κ1) is 33.5. The highest BCUT2D eigenvalue weighted by molar-refractivity contribution is 6.04. The van der Waals surface area contributed by atoms with Gasteiger partial charge in [-0.25, -0.2) is 22.0 Å². The van der Waals surface area contributed by atoms with Gasteiger partial charge in [-0.3, -0.25) is 9.69 Å². The Kier molecular flexibility index (Phi) is 8.97. The molecule has 3 fully saturated rings.